The molecule has 17 heteroatoms. The number of alkyl halides is 3. The number of anilines is 5. The first-order valence-corrected chi connectivity index (χ1v) is 14.7. The lowest BCUT2D eigenvalue weighted by Crippen LogP contribution is -2.41. The molecule has 13 nitrogen and oxygen atoms in total. The van der Waals surface area contributed by atoms with Gasteiger partial charge >= 0.3 is 18.2 Å². The van der Waals surface area contributed by atoms with Crippen molar-refractivity contribution in [3.05, 3.63) is 79.6 Å². The van der Waals surface area contributed by atoms with Crippen LogP contribution in [0.4, 0.5) is 42.1 Å². The van der Waals surface area contributed by atoms with Gasteiger partial charge in [-0.3, -0.25) is 9.59 Å². The summed E-state index contributed by atoms with van der Waals surface area (Å²) in [6.07, 6.45) is -3.14. The second-order valence-corrected chi connectivity index (χ2v) is 10.9. The van der Waals surface area contributed by atoms with Gasteiger partial charge in [-0.2, -0.15) is 28.1 Å². The van der Waals surface area contributed by atoms with Crippen molar-refractivity contribution < 1.29 is 32.2 Å². The highest BCUT2D eigenvalue weighted by atomic mass is 35.5. The molecule has 1 aromatic heterocycles. The zero-order valence-corrected chi connectivity index (χ0v) is 25.8. The van der Waals surface area contributed by atoms with Crippen molar-refractivity contribution in [2.45, 2.75) is 37.5 Å². The second-order valence-electron chi connectivity index (χ2n) is 10.5. The largest absolute Gasteiger partial charge is 0.488 e. The number of carbonyl (C=O) groups excluding carboxylic acids is 1. The quantitative estimate of drug-likeness (QED) is 0.104. The van der Waals surface area contributed by atoms with Crippen LogP contribution in [0.3, 0.4) is 0 Å². The van der Waals surface area contributed by atoms with Gasteiger partial charge in [-0.1, -0.05) is 23.7 Å². The number of aromatic nitrogens is 3. The first kappa shape index (κ1) is 33.2. The lowest BCUT2D eigenvalue weighted by atomic mass is 10.1. The molecule has 47 heavy (non-hydrogen) atoms. The Morgan fingerprint density at radius 3 is 2.23 bits per heavy atom. The van der Waals surface area contributed by atoms with Crippen molar-refractivity contribution in [3.8, 4) is 11.8 Å². The fourth-order valence-electron chi connectivity index (χ4n) is 4.61. The molecule has 0 spiro atoms. The van der Waals surface area contributed by atoms with E-state index in [-0.39, 0.29) is 36.5 Å². The molecule has 0 aliphatic heterocycles. The topological polar surface area (TPSA) is 166 Å². The molecule has 0 amide bonds. The number of rotatable bonds is 15. The van der Waals surface area contributed by atoms with Crippen LogP contribution >= 0.6 is 11.6 Å². The van der Waals surface area contributed by atoms with E-state index in [0.29, 0.717) is 16.4 Å². The molecule has 4 aromatic rings. The summed E-state index contributed by atoms with van der Waals surface area (Å²) in [4.78, 5) is 48.5. The Balaban J connectivity index is 1.29. The highest BCUT2D eigenvalue weighted by Crippen LogP contribution is 2.48. The maximum atomic E-state index is 12.9. The highest BCUT2D eigenvalue weighted by molar-refractivity contribution is 6.30. The summed E-state index contributed by atoms with van der Waals surface area (Å²) in [5.74, 6) is -0.799. The van der Waals surface area contributed by atoms with Gasteiger partial charge in [0.25, 0.3) is 10.9 Å². The first-order chi connectivity index (χ1) is 22.4. The molecular formula is C30H29ClF3N7O6. The van der Waals surface area contributed by atoms with Crippen LogP contribution in [-0.2, 0) is 15.1 Å². The van der Waals surface area contributed by atoms with Gasteiger partial charge in [-0.15, -0.1) is 0 Å². The molecule has 1 fully saturated rings. The van der Waals surface area contributed by atoms with Gasteiger partial charge in [0.2, 0.25) is 11.9 Å². The van der Waals surface area contributed by atoms with E-state index >= 15 is 0 Å². The van der Waals surface area contributed by atoms with E-state index in [9.17, 15) is 27.6 Å². The van der Waals surface area contributed by atoms with E-state index < -0.39 is 47.2 Å². The Labute approximate surface area is 270 Å². The van der Waals surface area contributed by atoms with Crippen molar-refractivity contribution in [3.63, 3.8) is 0 Å². The van der Waals surface area contributed by atoms with Gasteiger partial charge < -0.3 is 35.5 Å². The Morgan fingerprint density at radius 1 is 0.957 bits per heavy atom. The highest BCUT2D eigenvalue weighted by Gasteiger charge is 2.45. The summed E-state index contributed by atoms with van der Waals surface area (Å²) in [6, 6.07) is 12.1. The Bertz CT molecular complexity index is 1790. The van der Waals surface area contributed by atoms with Crippen LogP contribution in [0, 0.1) is 0 Å². The second kappa shape index (κ2) is 13.7. The molecule has 0 unspecified atom stereocenters. The van der Waals surface area contributed by atoms with Gasteiger partial charge in [0.15, 0.2) is 12.4 Å². The summed E-state index contributed by atoms with van der Waals surface area (Å²) in [5.41, 5.74) is -0.178. The average molecular weight is 676 g/mol. The molecule has 1 atom stereocenters. The molecular weight excluding hydrogens is 647 g/mol. The third-order valence-corrected chi connectivity index (χ3v) is 7.34. The smallest absolute Gasteiger partial charge is 0.422 e. The van der Waals surface area contributed by atoms with Crippen molar-refractivity contribution in [2.24, 2.45) is 0 Å². The first-order valence-electron chi connectivity index (χ1n) is 14.3. The number of hydrogen-bond acceptors (Lipinski definition) is 13. The molecule has 4 N–H and O–H groups in total. The minimum absolute atomic E-state index is 0.00749. The van der Waals surface area contributed by atoms with Gasteiger partial charge in [-0.25, -0.2) is 4.79 Å². The van der Waals surface area contributed by atoms with Crippen LogP contribution in [-0.4, -0.2) is 60.0 Å². The number of carbonyl (C=O) groups is 1. The number of ether oxygens (including phenoxy) is 3. The Morgan fingerprint density at radius 2 is 1.62 bits per heavy atom. The zero-order valence-electron chi connectivity index (χ0n) is 25.0. The third kappa shape index (κ3) is 8.19. The summed E-state index contributed by atoms with van der Waals surface area (Å²) in [7, 11) is 1.21. The summed E-state index contributed by atoms with van der Waals surface area (Å²) < 4.78 is 53.6. The molecule has 5 rings (SSSR count). The van der Waals surface area contributed by atoms with Gasteiger partial charge in [0.1, 0.15) is 11.7 Å². The van der Waals surface area contributed by atoms with Crippen molar-refractivity contribution in [1.82, 2.24) is 15.0 Å². The summed E-state index contributed by atoms with van der Waals surface area (Å²) in [5, 5.41) is 12.5. The lowest BCUT2D eigenvalue weighted by molar-refractivity contribution is -0.154. The number of esters is 1. The van der Waals surface area contributed by atoms with Crippen molar-refractivity contribution in [1.29, 1.82) is 0 Å². The molecule has 1 aliphatic carbocycles. The Hall–Kier alpha value is -5.12. The predicted molar refractivity (Wildman–Crippen MR) is 168 cm³/mol. The van der Waals surface area contributed by atoms with Crippen LogP contribution in [0.15, 0.2) is 58.1 Å². The van der Waals surface area contributed by atoms with Gasteiger partial charge in [0, 0.05) is 22.9 Å². The number of hydrogen-bond donors (Lipinski definition) is 4. The molecule has 248 valence electrons. The maximum Gasteiger partial charge on any atom is 0.422 e. The van der Waals surface area contributed by atoms with Crippen molar-refractivity contribution >= 4 is 46.5 Å². The molecule has 0 radical (unpaired) electrons. The van der Waals surface area contributed by atoms with E-state index in [2.05, 4.69) is 36.2 Å². The number of methoxy groups -OCH3 is 1. The SMILES string of the molecule is CCOc1c(NC[C@H](Nc2ccc(Nc3nc(NC4(c5ccc(Cl)cc5)CC4)nc(OCC(F)(F)F)n3)cc2)C(=O)OC)c(=O)c1=O. The normalized spacial score (nSPS) is 14.2. The maximum absolute atomic E-state index is 12.9. The lowest BCUT2D eigenvalue weighted by Gasteiger charge is -2.20. The van der Waals surface area contributed by atoms with Crippen LogP contribution in [0.2, 0.25) is 5.02 Å². The minimum Gasteiger partial charge on any atom is -0.488 e. The summed E-state index contributed by atoms with van der Waals surface area (Å²) in [6.45, 7) is 0.161. The van der Waals surface area contributed by atoms with Crippen LogP contribution in [0.5, 0.6) is 11.8 Å². The van der Waals surface area contributed by atoms with Gasteiger partial charge in [-0.05, 0) is 61.7 Å². The summed E-state index contributed by atoms with van der Waals surface area (Å²) >= 11 is 6.02. The van der Waals surface area contributed by atoms with Crippen LogP contribution < -0.4 is 41.6 Å². The molecule has 1 aliphatic rings. The minimum atomic E-state index is -4.61. The molecule has 1 heterocycles. The van der Waals surface area contributed by atoms with E-state index in [0.717, 1.165) is 18.4 Å². The Kier molecular flexibility index (Phi) is 9.69. The molecule has 1 saturated carbocycles. The number of benzene rings is 2. The predicted octanol–water partition coefficient (Wildman–Crippen LogP) is 4.37. The van der Waals surface area contributed by atoms with Crippen molar-refractivity contribution in [2.75, 3.05) is 48.1 Å². The van der Waals surface area contributed by atoms with Crippen LogP contribution in [0.1, 0.15) is 25.3 Å². The average Bonchev–Trinajstić information content (AvgIpc) is 3.83. The molecule has 0 bridgehead atoms. The monoisotopic (exact) mass is 675 g/mol. The third-order valence-electron chi connectivity index (χ3n) is 7.08. The van der Waals surface area contributed by atoms with E-state index in [1.54, 1.807) is 43.3 Å². The fraction of sp³-hybridized carbons (Fsp3) is 0.333. The fourth-order valence-corrected chi connectivity index (χ4v) is 4.73. The number of nitrogens with zero attached hydrogens (tertiary/aromatic N) is 3. The molecule has 0 saturated heterocycles. The number of halogens is 4. The van der Waals surface area contributed by atoms with Crippen LogP contribution in [0.25, 0.3) is 0 Å². The standard InChI is InChI=1S/C30H29ClF3N7O6/c1-3-46-24-21(22(42)23(24)43)35-14-20(25(44)45-2)36-18-8-10-19(11-9-18)37-26-38-27(40-28(39-26)47-15-30(32,33)34)41-29(12-13-29)16-4-6-17(31)7-5-16/h4-11,20,35-36H,3,12-15H2,1-2H3,(H2,37,38,39,40,41)/t20-/m0/s1. The van der Waals surface area contributed by atoms with E-state index in [1.165, 1.54) is 7.11 Å². The van der Waals surface area contributed by atoms with E-state index in [4.69, 9.17) is 25.8 Å². The van der Waals surface area contributed by atoms with Gasteiger partial charge in [0.05, 0.1) is 19.3 Å². The molecule has 3 aromatic carbocycles. The zero-order chi connectivity index (χ0) is 33.8. The number of nitrogens with one attached hydrogen (secondary N) is 4. The van der Waals surface area contributed by atoms with E-state index in [1.807, 2.05) is 12.1 Å².